The maximum atomic E-state index is 13.3. The molecule has 2 aliphatic rings. The molecule has 0 aliphatic carbocycles. The number of imidazole rings is 1. The highest BCUT2D eigenvalue weighted by Crippen LogP contribution is 2.38. The Morgan fingerprint density at radius 2 is 1.97 bits per heavy atom. The van der Waals surface area contributed by atoms with E-state index >= 15 is 0 Å². The molecule has 0 radical (unpaired) electrons. The zero-order valence-corrected chi connectivity index (χ0v) is 18.1. The van der Waals surface area contributed by atoms with Crippen LogP contribution in [0.5, 0.6) is 0 Å². The number of carbonyl (C=O) groups excluding carboxylic acids is 1. The summed E-state index contributed by atoms with van der Waals surface area (Å²) in [6.07, 6.45) is 8.95. The Balaban J connectivity index is 1.27. The van der Waals surface area contributed by atoms with Crippen molar-refractivity contribution >= 4 is 21.5 Å². The van der Waals surface area contributed by atoms with Crippen molar-refractivity contribution in [2.75, 3.05) is 19.6 Å². The average molecular weight is 439 g/mol. The second kappa shape index (κ2) is 7.85. The van der Waals surface area contributed by atoms with Crippen LogP contribution in [0, 0.1) is 0 Å². The zero-order chi connectivity index (χ0) is 21.5. The molecule has 2 saturated heterocycles. The van der Waals surface area contributed by atoms with E-state index in [0.717, 1.165) is 43.6 Å². The van der Waals surface area contributed by atoms with Crippen LogP contribution < -0.4 is 5.32 Å². The summed E-state index contributed by atoms with van der Waals surface area (Å²) in [5.74, 6) is 0.0556. The highest BCUT2D eigenvalue weighted by atomic mass is 32.2. The number of ketones is 1. The fraction of sp³-hybridized carbons (Fsp3) is 0.391. The first-order valence-electron chi connectivity index (χ1n) is 10.8. The molecule has 162 valence electrons. The lowest BCUT2D eigenvalue weighted by Gasteiger charge is -2.33. The van der Waals surface area contributed by atoms with Gasteiger partial charge in [-0.25, -0.2) is 13.4 Å². The first kappa shape index (κ1) is 20.4. The molecule has 1 spiro atoms. The average Bonchev–Trinajstić information content (AvgIpc) is 3.54. The number of aryl methyl sites for hydroxylation is 1. The number of nitrogens with one attached hydrogen (secondary N) is 1. The van der Waals surface area contributed by atoms with Gasteiger partial charge in [-0.3, -0.25) is 4.79 Å². The molecule has 1 aromatic carbocycles. The van der Waals surface area contributed by atoms with Crippen LogP contribution in [-0.2, 0) is 16.4 Å². The van der Waals surface area contributed by atoms with Gasteiger partial charge in [0.25, 0.3) is 0 Å². The van der Waals surface area contributed by atoms with E-state index in [2.05, 4.69) is 10.3 Å². The van der Waals surface area contributed by atoms with E-state index in [0.29, 0.717) is 29.8 Å². The van der Waals surface area contributed by atoms with Gasteiger partial charge in [-0.2, -0.15) is 4.31 Å². The minimum Gasteiger partial charge on any atom is -0.315 e. The number of nitrogens with zero attached hydrogens (tertiary/aromatic N) is 3. The molecule has 31 heavy (non-hydrogen) atoms. The van der Waals surface area contributed by atoms with Gasteiger partial charge < -0.3 is 9.72 Å². The summed E-state index contributed by atoms with van der Waals surface area (Å²) >= 11 is 0. The molecule has 0 bridgehead atoms. The maximum absolute atomic E-state index is 13.3. The zero-order valence-electron chi connectivity index (χ0n) is 17.3. The van der Waals surface area contributed by atoms with E-state index in [9.17, 15) is 13.2 Å². The Labute approximate surface area is 182 Å². The monoisotopic (exact) mass is 438 g/mol. The van der Waals surface area contributed by atoms with Gasteiger partial charge in [0.15, 0.2) is 5.78 Å². The summed E-state index contributed by atoms with van der Waals surface area (Å²) in [6, 6.07) is 10.6. The van der Waals surface area contributed by atoms with Gasteiger partial charge in [0, 0.05) is 49.2 Å². The first-order valence-corrected chi connectivity index (χ1v) is 12.2. The van der Waals surface area contributed by atoms with Crippen LogP contribution in [0.2, 0.25) is 0 Å². The number of carbonyl (C=O) groups is 1. The van der Waals surface area contributed by atoms with Gasteiger partial charge >= 0.3 is 0 Å². The Morgan fingerprint density at radius 1 is 1.13 bits per heavy atom. The van der Waals surface area contributed by atoms with Crippen LogP contribution in [0.4, 0.5) is 0 Å². The van der Waals surface area contributed by atoms with E-state index in [1.54, 1.807) is 34.9 Å². The summed E-state index contributed by atoms with van der Waals surface area (Å²) in [5, 5.41) is 3.32. The molecule has 0 amide bonds. The molecule has 2 aliphatic heterocycles. The standard InChI is InChI=1S/C23H26N4O3S/c28-21(19-5-9-22-25-13-15-26(22)16-19)8-4-18-2-6-20(7-3-18)31(29,30)27-14-1-10-23(27)11-12-24-17-23/h2-3,5-7,9,13,15-16,24H,1,4,8,10-12,14,17H2. The van der Waals surface area contributed by atoms with Crippen LogP contribution >= 0.6 is 0 Å². The van der Waals surface area contributed by atoms with E-state index in [4.69, 9.17) is 0 Å². The molecule has 1 atom stereocenters. The molecular weight excluding hydrogens is 412 g/mol. The lowest BCUT2D eigenvalue weighted by molar-refractivity contribution is 0.0982. The van der Waals surface area contributed by atoms with Crippen LogP contribution in [-0.4, -0.2) is 53.1 Å². The number of benzene rings is 1. The normalized spacial score (nSPS) is 21.9. The SMILES string of the molecule is O=C(CCc1ccc(S(=O)(=O)N2CCCC23CCNC3)cc1)c1ccc2nccn2c1. The Bertz CT molecular complexity index is 1210. The smallest absolute Gasteiger partial charge is 0.243 e. The van der Waals surface area contributed by atoms with Crippen molar-refractivity contribution in [1.29, 1.82) is 0 Å². The fourth-order valence-corrected chi connectivity index (χ4v) is 6.75. The Morgan fingerprint density at radius 3 is 2.74 bits per heavy atom. The molecule has 2 aromatic heterocycles. The Kier molecular flexibility index (Phi) is 5.16. The summed E-state index contributed by atoms with van der Waals surface area (Å²) in [4.78, 5) is 17.1. The summed E-state index contributed by atoms with van der Waals surface area (Å²) < 4.78 is 30.1. The second-order valence-electron chi connectivity index (χ2n) is 8.51. The van der Waals surface area contributed by atoms with Gasteiger partial charge in [-0.1, -0.05) is 12.1 Å². The fourth-order valence-electron chi connectivity index (χ4n) is 4.89. The highest BCUT2D eigenvalue weighted by molar-refractivity contribution is 7.89. The van der Waals surface area contributed by atoms with Crippen LogP contribution in [0.3, 0.4) is 0 Å². The number of sulfonamides is 1. The number of pyridine rings is 1. The van der Waals surface area contributed by atoms with Gasteiger partial charge in [-0.05, 0) is 62.1 Å². The lowest BCUT2D eigenvalue weighted by Crippen LogP contribution is -2.48. The van der Waals surface area contributed by atoms with Crippen molar-refractivity contribution in [3.63, 3.8) is 0 Å². The van der Waals surface area contributed by atoms with Crippen molar-refractivity contribution in [2.24, 2.45) is 0 Å². The van der Waals surface area contributed by atoms with Crippen LogP contribution in [0.1, 0.15) is 41.6 Å². The molecule has 5 rings (SSSR count). The van der Waals surface area contributed by atoms with Gasteiger partial charge in [0.05, 0.1) is 4.90 Å². The third-order valence-electron chi connectivity index (χ3n) is 6.62. The molecule has 7 nitrogen and oxygen atoms in total. The largest absolute Gasteiger partial charge is 0.315 e. The number of Topliss-reactive ketones (excluding diaryl/α,β-unsaturated/α-hetero) is 1. The summed E-state index contributed by atoms with van der Waals surface area (Å²) in [5.41, 5.74) is 2.14. The molecule has 1 N–H and O–H groups in total. The minimum atomic E-state index is -3.52. The molecule has 4 heterocycles. The van der Waals surface area contributed by atoms with E-state index in [-0.39, 0.29) is 11.3 Å². The molecule has 8 heteroatoms. The second-order valence-corrected chi connectivity index (χ2v) is 10.4. The van der Waals surface area contributed by atoms with Gasteiger partial charge in [0.2, 0.25) is 10.0 Å². The molecular formula is C23H26N4O3S. The molecule has 0 saturated carbocycles. The van der Waals surface area contributed by atoms with Gasteiger partial charge in [-0.15, -0.1) is 0 Å². The summed E-state index contributed by atoms with van der Waals surface area (Å²) in [6.45, 7) is 2.19. The third kappa shape index (κ3) is 3.69. The molecule has 1 unspecified atom stereocenters. The first-order chi connectivity index (χ1) is 15.0. The quantitative estimate of drug-likeness (QED) is 0.598. The van der Waals surface area contributed by atoms with Crippen molar-refractivity contribution in [3.8, 4) is 0 Å². The van der Waals surface area contributed by atoms with Gasteiger partial charge in [0.1, 0.15) is 5.65 Å². The number of fused-ring (bicyclic) bond motifs is 1. The van der Waals surface area contributed by atoms with Crippen molar-refractivity contribution in [3.05, 3.63) is 66.1 Å². The van der Waals surface area contributed by atoms with Crippen molar-refractivity contribution in [2.45, 2.75) is 42.5 Å². The highest BCUT2D eigenvalue weighted by Gasteiger charge is 2.48. The number of hydrogen-bond donors (Lipinski definition) is 1. The van der Waals surface area contributed by atoms with E-state index in [1.165, 1.54) is 0 Å². The minimum absolute atomic E-state index is 0.0556. The molecule has 3 aromatic rings. The number of rotatable bonds is 6. The van der Waals surface area contributed by atoms with E-state index in [1.807, 2.05) is 28.8 Å². The topological polar surface area (TPSA) is 83.8 Å². The van der Waals surface area contributed by atoms with Crippen molar-refractivity contribution < 1.29 is 13.2 Å². The lowest BCUT2D eigenvalue weighted by atomic mass is 9.97. The van der Waals surface area contributed by atoms with Crippen LogP contribution in [0.15, 0.2) is 59.9 Å². The van der Waals surface area contributed by atoms with E-state index < -0.39 is 10.0 Å². The predicted octanol–water partition coefficient (Wildman–Crippen LogP) is 2.67. The Hall–Kier alpha value is -2.55. The number of hydrogen-bond acceptors (Lipinski definition) is 5. The van der Waals surface area contributed by atoms with Crippen LogP contribution in [0.25, 0.3) is 5.65 Å². The third-order valence-corrected chi connectivity index (χ3v) is 8.63. The maximum Gasteiger partial charge on any atom is 0.243 e. The molecule has 2 fully saturated rings. The predicted molar refractivity (Wildman–Crippen MR) is 118 cm³/mol. The summed E-state index contributed by atoms with van der Waals surface area (Å²) in [7, 11) is -3.52. The van der Waals surface area contributed by atoms with Crippen molar-refractivity contribution in [1.82, 2.24) is 19.0 Å². The number of aromatic nitrogens is 2.